The van der Waals surface area contributed by atoms with Gasteiger partial charge in [0.2, 0.25) is 0 Å². The Morgan fingerprint density at radius 1 is 1.30 bits per heavy atom. The number of carbonyl (C=O) groups excluding carboxylic acids is 2. The number of likely N-dealkylation sites (tertiary alicyclic amines) is 1. The van der Waals surface area contributed by atoms with Crippen molar-refractivity contribution in [3.8, 4) is 11.5 Å². The van der Waals surface area contributed by atoms with Crippen LogP contribution in [-0.4, -0.2) is 47.1 Å². The van der Waals surface area contributed by atoms with Gasteiger partial charge in [0.1, 0.15) is 16.9 Å². The van der Waals surface area contributed by atoms with E-state index in [9.17, 15) is 14.4 Å². The van der Waals surface area contributed by atoms with E-state index in [-0.39, 0.29) is 17.6 Å². The molecule has 0 spiro atoms. The number of aromatic nitrogens is 1. The molecule has 2 N–H and O–H groups in total. The van der Waals surface area contributed by atoms with Crippen LogP contribution in [0.1, 0.15) is 50.4 Å². The van der Waals surface area contributed by atoms with Crippen molar-refractivity contribution >= 4 is 12.0 Å². The van der Waals surface area contributed by atoms with E-state index in [0.29, 0.717) is 31.1 Å². The summed E-state index contributed by atoms with van der Waals surface area (Å²) in [5.41, 5.74) is -0.400. The van der Waals surface area contributed by atoms with Gasteiger partial charge in [0.15, 0.2) is 0 Å². The fourth-order valence-electron chi connectivity index (χ4n) is 3.51. The molecule has 0 aromatic carbocycles. The molecular weight excluding hydrogens is 386 g/mol. The molecule has 2 aromatic rings. The van der Waals surface area contributed by atoms with E-state index in [1.807, 2.05) is 20.8 Å². The summed E-state index contributed by atoms with van der Waals surface area (Å²) in [6.45, 7) is 7.30. The summed E-state index contributed by atoms with van der Waals surface area (Å²) >= 11 is 0. The lowest BCUT2D eigenvalue weighted by Gasteiger charge is -2.34. The average molecular weight is 415 g/mol. The van der Waals surface area contributed by atoms with E-state index < -0.39 is 17.1 Å². The van der Waals surface area contributed by atoms with Crippen LogP contribution in [0.5, 0.6) is 0 Å². The molecule has 162 valence electrons. The summed E-state index contributed by atoms with van der Waals surface area (Å²) in [5.74, 6) is 0.402. The first kappa shape index (κ1) is 21.7. The van der Waals surface area contributed by atoms with Crippen molar-refractivity contribution in [2.45, 2.75) is 45.6 Å². The first-order valence-corrected chi connectivity index (χ1v) is 10.3. The number of pyridine rings is 1. The standard InChI is InChI=1S/C22H29N3O5/c1-22(2,3)30-21(28)25-12-4-6-15(14-25)10-11-23-19(26)16-8-9-17(24-20(16)27)18-7-5-13-29-18/h5,7-9,13,15H,4,6,10-12,14H2,1-3H3,(H,23,26)(H,24,27). The molecule has 0 aliphatic carbocycles. The molecule has 3 heterocycles. The molecule has 1 aliphatic rings. The Balaban J connectivity index is 1.49. The van der Waals surface area contributed by atoms with Gasteiger partial charge in [-0.1, -0.05) is 0 Å². The van der Waals surface area contributed by atoms with Gasteiger partial charge in [-0.05, 0) is 70.2 Å². The quantitative estimate of drug-likeness (QED) is 0.779. The number of hydrogen-bond acceptors (Lipinski definition) is 5. The third-order valence-electron chi connectivity index (χ3n) is 4.95. The molecule has 1 fully saturated rings. The monoisotopic (exact) mass is 415 g/mol. The largest absolute Gasteiger partial charge is 0.463 e. The van der Waals surface area contributed by atoms with Crippen LogP contribution in [0, 0.1) is 5.92 Å². The molecule has 0 radical (unpaired) electrons. The maximum atomic E-state index is 12.4. The first-order chi connectivity index (χ1) is 14.2. The minimum Gasteiger partial charge on any atom is -0.463 e. The number of nitrogens with one attached hydrogen (secondary N) is 2. The smallest absolute Gasteiger partial charge is 0.410 e. The number of furan rings is 1. The van der Waals surface area contributed by atoms with Crippen LogP contribution in [-0.2, 0) is 4.74 Å². The predicted octanol–water partition coefficient (Wildman–Crippen LogP) is 3.40. The molecule has 0 bridgehead atoms. The second kappa shape index (κ2) is 9.19. The van der Waals surface area contributed by atoms with E-state index >= 15 is 0 Å². The van der Waals surface area contributed by atoms with Crippen molar-refractivity contribution in [3.63, 3.8) is 0 Å². The number of hydrogen-bond donors (Lipinski definition) is 2. The zero-order valence-corrected chi connectivity index (χ0v) is 17.7. The molecule has 1 aliphatic heterocycles. The average Bonchev–Trinajstić information content (AvgIpc) is 3.21. The SMILES string of the molecule is CC(C)(C)OC(=O)N1CCCC(CCNC(=O)c2ccc(-c3ccco3)[nH]c2=O)C1. The van der Waals surface area contributed by atoms with Crippen molar-refractivity contribution in [2.24, 2.45) is 5.92 Å². The van der Waals surface area contributed by atoms with Crippen LogP contribution >= 0.6 is 0 Å². The van der Waals surface area contributed by atoms with Gasteiger partial charge in [0, 0.05) is 19.6 Å². The van der Waals surface area contributed by atoms with E-state index in [1.165, 1.54) is 12.3 Å². The molecule has 8 heteroatoms. The van der Waals surface area contributed by atoms with Gasteiger partial charge in [0.05, 0.1) is 12.0 Å². The Morgan fingerprint density at radius 3 is 2.77 bits per heavy atom. The van der Waals surface area contributed by atoms with Gasteiger partial charge in [0.25, 0.3) is 11.5 Å². The Bertz CT molecular complexity index is 927. The fourth-order valence-corrected chi connectivity index (χ4v) is 3.51. The number of piperidine rings is 1. The van der Waals surface area contributed by atoms with Gasteiger partial charge >= 0.3 is 6.09 Å². The van der Waals surface area contributed by atoms with Gasteiger partial charge in [-0.3, -0.25) is 9.59 Å². The molecule has 0 saturated carbocycles. The maximum absolute atomic E-state index is 12.4. The van der Waals surface area contributed by atoms with Gasteiger partial charge in [-0.2, -0.15) is 0 Å². The van der Waals surface area contributed by atoms with Gasteiger partial charge in [-0.15, -0.1) is 0 Å². The lowest BCUT2D eigenvalue weighted by Crippen LogP contribution is -2.43. The van der Waals surface area contributed by atoms with Crippen LogP contribution in [0.15, 0.2) is 39.7 Å². The van der Waals surface area contributed by atoms with E-state index in [1.54, 1.807) is 23.1 Å². The summed E-state index contributed by atoms with van der Waals surface area (Å²) in [5, 5.41) is 2.81. The van der Waals surface area contributed by atoms with Crippen molar-refractivity contribution in [2.75, 3.05) is 19.6 Å². The van der Waals surface area contributed by atoms with Crippen molar-refractivity contribution < 1.29 is 18.7 Å². The lowest BCUT2D eigenvalue weighted by atomic mass is 9.95. The molecule has 3 rings (SSSR count). The molecule has 1 atom stereocenters. The minimum atomic E-state index is -0.516. The molecule has 2 amide bonds. The Labute approximate surface area is 175 Å². The van der Waals surface area contributed by atoms with Crippen molar-refractivity contribution in [1.29, 1.82) is 0 Å². The zero-order chi connectivity index (χ0) is 21.7. The van der Waals surface area contributed by atoms with Crippen LogP contribution in [0.3, 0.4) is 0 Å². The second-order valence-electron chi connectivity index (χ2n) is 8.57. The number of amides is 2. The Hall–Kier alpha value is -3.03. The topological polar surface area (TPSA) is 105 Å². The zero-order valence-electron chi connectivity index (χ0n) is 17.7. The van der Waals surface area contributed by atoms with Crippen LogP contribution < -0.4 is 10.9 Å². The summed E-state index contributed by atoms with van der Waals surface area (Å²) < 4.78 is 10.7. The first-order valence-electron chi connectivity index (χ1n) is 10.3. The highest BCUT2D eigenvalue weighted by atomic mass is 16.6. The van der Waals surface area contributed by atoms with Crippen molar-refractivity contribution in [1.82, 2.24) is 15.2 Å². The van der Waals surface area contributed by atoms with E-state index in [0.717, 1.165) is 19.3 Å². The predicted molar refractivity (Wildman–Crippen MR) is 112 cm³/mol. The molecular formula is C22H29N3O5. The normalized spacial score (nSPS) is 16.9. The molecule has 1 unspecified atom stereocenters. The van der Waals surface area contributed by atoms with E-state index in [2.05, 4.69) is 10.3 Å². The van der Waals surface area contributed by atoms with Crippen LogP contribution in [0.25, 0.3) is 11.5 Å². The minimum absolute atomic E-state index is 0.0596. The Morgan fingerprint density at radius 2 is 2.10 bits per heavy atom. The summed E-state index contributed by atoms with van der Waals surface area (Å²) in [6, 6.07) is 6.60. The summed E-state index contributed by atoms with van der Waals surface area (Å²) in [7, 11) is 0. The molecule has 1 saturated heterocycles. The maximum Gasteiger partial charge on any atom is 0.410 e. The van der Waals surface area contributed by atoms with Crippen LogP contribution in [0.2, 0.25) is 0 Å². The summed E-state index contributed by atoms with van der Waals surface area (Å²) in [4.78, 5) is 41.3. The highest BCUT2D eigenvalue weighted by Crippen LogP contribution is 2.21. The third-order valence-corrected chi connectivity index (χ3v) is 4.95. The lowest BCUT2D eigenvalue weighted by molar-refractivity contribution is 0.0161. The highest BCUT2D eigenvalue weighted by molar-refractivity contribution is 5.94. The molecule has 2 aromatic heterocycles. The van der Waals surface area contributed by atoms with Gasteiger partial charge < -0.3 is 24.4 Å². The second-order valence-corrected chi connectivity index (χ2v) is 8.57. The fraction of sp³-hybridized carbons (Fsp3) is 0.500. The molecule has 8 nitrogen and oxygen atoms in total. The number of nitrogens with zero attached hydrogens (tertiary/aromatic N) is 1. The van der Waals surface area contributed by atoms with E-state index in [4.69, 9.17) is 9.15 Å². The number of carbonyl (C=O) groups is 2. The number of ether oxygens (including phenoxy) is 1. The Kier molecular flexibility index (Phi) is 6.64. The third kappa shape index (κ3) is 5.75. The number of rotatable bonds is 5. The summed E-state index contributed by atoms with van der Waals surface area (Å²) in [6.07, 6.45) is 3.86. The molecule has 30 heavy (non-hydrogen) atoms. The van der Waals surface area contributed by atoms with Crippen molar-refractivity contribution in [3.05, 3.63) is 46.4 Å². The number of aromatic amines is 1. The van der Waals surface area contributed by atoms with Crippen LogP contribution in [0.4, 0.5) is 4.79 Å². The highest BCUT2D eigenvalue weighted by Gasteiger charge is 2.27. The number of H-pyrrole nitrogens is 1. The van der Waals surface area contributed by atoms with Gasteiger partial charge in [-0.25, -0.2) is 4.79 Å².